The smallest absolute Gasteiger partial charge is 0.219 e. The number of carbonyl (C=O) groups is 1. The van der Waals surface area contributed by atoms with E-state index in [1.165, 1.54) is 37.1 Å². The number of methoxy groups -OCH3 is 2. The van der Waals surface area contributed by atoms with Crippen LogP contribution < -0.4 is 4.90 Å². The molecule has 4 rings (SSSR count). The van der Waals surface area contributed by atoms with E-state index < -0.39 is 0 Å². The number of fused-ring (bicyclic) bond motifs is 2. The molecular formula is C20H30N2O3. The minimum absolute atomic E-state index is 0.197. The lowest BCUT2D eigenvalue weighted by molar-refractivity contribution is -0.129. The summed E-state index contributed by atoms with van der Waals surface area (Å²) in [6, 6.07) is 6.73. The zero-order valence-corrected chi connectivity index (χ0v) is 15.7. The third-order valence-electron chi connectivity index (χ3n) is 5.66. The zero-order chi connectivity index (χ0) is 17.8. The van der Waals surface area contributed by atoms with Crippen molar-refractivity contribution in [3.05, 3.63) is 29.3 Å². The topological polar surface area (TPSA) is 42.0 Å². The summed E-state index contributed by atoms with van der Waals surface area (Å²) in [6.45, 7) is 5.91. The molecule has 2 aliphatic heterocycles. The van der Waals surface area contributed by atoms with E-state index in [1.807, 2.05) is 4.90 Å². The number of ether oxygens (including phenoxy) is 2. The number of rotatable bonds is 2. The molecule has 0 radical (unpaired) electrons. The van der Waals surface area contributed by atoms with Crippen molar-refractivity contribution in [3.8, 4) is 0 Å². The summed E-state index contributed by atoms with van der Waals surface area (Å²) in [7, 11) is 3.17. The van der Waals surface area contributed by atoms with E-state index in [1.54, 1.807) is 26.7 Å². The molecule has 0 bridgehead atoms. The minimum Gasteiger partial charge on any atom is -0.369 e. The van der Waals surface area contributed by atoms with Crippen LogP contribution in [0.15, 0.2) is 18.2 Å². The van der Waals surface area contributed by atoms with Crippen LogP contribution in [-0.4, -0.2) is 51.5 Å². The first-order valence-corrected chi connectivity index (χ1v) is 9.25. The lowest BCUT2D eigenvalue weighted by Gasteiger charge is -2.38. The zero-order valence-electron chi connectivity index (χ0n) is 15.7. The van der Waals surface area contributed by atoms with Crippen molar-refractivity contribution < 1.29 is 14.3 Å². The average Bonchev–Trinajstić information content (AvgIpc) is 2.99. The molecule has 1 amide bonds. The van der Waals surface area contributed by atoms with Gasteiger partial charge in [0.15, 0.2) is 0 Å². The molecule has 2 heterocycles. The Balaban J connectivity index is 0.000000324. The van der Waals surface area contributed by atoms with E-state index in [9.17, 15) is 4.79 Å². The molecule has 138 valence electrons. The highest BCUT2D eigenvalue weighted by molar-refractivity contribution is 5.74. The molecule has 0 aromatic heterocycles. The fourth-order valence-corrected chi connectivity index (χ4v) is 4.58. The maximum absolute atomic E-state index is 11.8. The van der Waals surface area contributed by atoms with Gasteiger partial charge in [0.25, 0.3) is 0 Å². The van der Waals surface area contributed by atoms with Crippen molar-refractivity contribution in [2.75, 3.05) is 45.5 Å². The Morgan fingerprint density at radius 2 is 2.00 bits per heavy atom. The van der Waals surface area contributed by atoms with Gasteiger partial charge in [0.2, 0.25) is 5.91 Å². The minimum atomic E-state index is 0.197. The standard InChI is InChI=1S/C17H22N2O.C3H8O2/c1-12(20)18-8-9-19-10-13-4-2-6-15(13)16-7-3-5-14(11-18)17(16)19;1-4-3-5-2/h3,5,7,13,15H,2,4,6,8-11H2,1H3;3H2,1-2H3. The number of para-hydroxylation sites is 1. The van der Waals surface area contributed by atoms with Crippen LogP contribution in [-0.2, 0) is 20.8 Å². The van der Waals surface area contributed by atoms with Gasteiger partial charge in [0, 0.05) is 53.0 Å². The third kappa shape index (κ3) is 3.82. The summed E-state index contributed by atoms with van der Waals surface area (Å²) in [4.78, 5) is 16.3. The van der Waals surface area contributed by atoms with Crippen molar-refractivity contribution >= 4 is 11.6 Å². The fraction of sp³-hybridized carbons (Fsp3) is 0.650. The predicted octanol–water partition coefficient (Wildman–Crippen LogP) is 2.99. The van der Waals surface area contributed by atoms with Gasteiger partial charge in [-0.15, -0.1) is 0 Å². The third-order valence-corrected chi connectivity index (χ3v) is 5.66. The monoisotopic (exact) mass is 346 g/mol. The van der Waals surface area contributed by atoms with Gasteiger partial charge in [-0.2, -0.15) is 0 Å². The number of benzene rings is 1. The Morgan fingerprint density at radius 3 is 2.68 bits per heavy atom. The van der Waals surface area contributed by atoms with Gasteiger partial charge < -0.3 is 19.3 Å². The van der Waals surface area contributed by atoms with E-state index in [-0.39, 0.29) is 5.91 Å². The molecule has 1 aromatic rings. The normalized spacial score (nSPS) is 24.0. The largest absolute Gasteiger partial charge is 0.369 e. The van der Waals surface area contributed by atoms with E-state index in [4.69, 9.17) is 0 Å². The summed E-state index contributed by atoms with van der Waals surface area (Å²) in [5, 5.41) is 0. The quantitative estimate of drug-likeness (QED) is 0.772. The number of amides is 1. The van der Waals surface area contributed by atoms with Gasteiger partial charge in [0.05, 0.1) is 0 Å². The first-order chi connectivity index (χ1) is 12.2. The van der Waals surface area contributed by atoms with Gasteiger partial charge in [-0.1, -0.05) is 24.6 Å². The molecule has 1 aliphatic carbocycles. The van der Waals surface area contributed by atoms with Crippen LogP contribution in [0.3, 0.4) is 0 Å². The molecule has 0 spiro atoms. The Bertz CT molecular complexity index is 603. The first kappa shape index (κ1) is 18.2. The molecule has 5 heteroatoms. The summed E-state index contributed by atoms with van der Waals surface area (Å²) in [5.41, 5.74) is 4.36. The Hall–Kier alpha value is -1.59. The Labute approximate surface area is 150 Å². The maximum Gasteiger partial charge on any atom is 0.219 e. The first-order valence-electron chi connectivity index (χ1n) is 9.25. The molecule has 1 aromatic carbocycles. The van der Waals surface area contributed by atoms with Crippen molar-refractivity contribution in [2.24, 2.45) is 5.92 Å². The molecule has 25 heavy (non-hydrogen) atoms. The second kappa shape index (κ2) is 8.19. The molecule has 2 unspecified atom stereocenters. The van der Waals surface area contributed by atoms with Crippen LogP contribution in [0.25, 0.3) is 0 Å². The highest BCUT2D eigenvalue weighted by Crippen LogP contribution is 2.49. The molecule has 2 atom stereocenters. The van der Waals surface area contributed by atoms with E-state index in [0.29, 0.717) is 6.79 Å². The van der Waals surface area contributed by atoms with Crippen LogP contribution >= 0.6 is 0 Å². The fourth-order valence-electron chi connectivity index (χ4n) is 4.58. The number of anilines is 1. The van der Waals surface area contributed by atoms with Crippen molar-refractivity contribution in [3.63, 3.8) is 0 Å². The van der Waals surface area contributed by atoms with Crippen LogP contribution in [0.4, 0.5) is 5.69 Å². The average molecular weight is 346 g/mol. The highest BCUT2D eigenvalue weighted by atomic mass is 16.6. The Morgan fingerprint density at radius 1 is 1.20 bits per heavy atom. The summed E-state index contributed by atoms with van der Waals surface area (Å²) in [5.74, 6) is 1.80. The van der Waals surface area contributed by atoms with Crippen LogP contribution in [0.2, 0.25) is 0 Å². The summed E-state index contributed by atoms with van der Waals surface area (Å²) < 4.78 is 8.94. The van der Waals surface area contributed by atoms with E-state index in [0.717, 1.165) is 31.5 Å². The van der Waals surface area contributed by atoms with Crippen molar-refractivity contribution in [1.29, 1.82) is 0 Å². The molecule has 5 nitrogen and oxygen atoms in total. The predicted molar refractivity (Wildman–Crippen MR) is 98.7 cm³/mol. The lowest BCUT2D eigenvalue weighted by Crippen LogP contribution is -2.39. The second-order valence-electron chi connectivity index (χ2n) is 7.23. The molecule has 1 fully saturated rings. The summed E-state index contributed by atoms with van der Waals surface area (Å²) in [6.07, 6.45) is 4.11. The van der Waals surface area contributed by atoms with E-state index >= 15 is 0 Å². The number of hydrogen-bond donors (Lipinski definition) is 0. The maximum atomic E-state index is 11.8. The second-order valence-corrected chi connectivity index (χ2v) is 7.23. The van der Waals surface area contributed by atoms with Crippen LogP contribution in [0.5, 0.6) is 0 Å². The van der Waals surface area contributed by atoms with Crippen LogP contribution in [0, 0.1) is 5.92 Å². The van der Waals surface area contributed by atoms with Gasteiger partial charge >= 0.3 is 0 Å². The van der Waals surface area contributed by atoms with Crippen molar-refractivity contribution in [1.82, 2.24) is 4.90 Å². The van der Waals surface area contributed by atoms with E-state index in [2.05, 4.69) is 32.6 Å². The number of carbonyl (C=O) groups excluding carboxylic acids is 1. The summed E-state index contributed by atoms with van der Waals surface area (Å²) >= 11 is 0. The number of nitrogens with zero attached hydrogens (tertiary/aromatic N) is 2. The molecule has 0 saturated heterocycles. The lowest BCUT2D eigenvalue weighted by atomic mass is 9.82. The Kier molecular flexibility index (Phi) is 5.97. The molecular weight excluding hydrogens is 316 g/mol. The SMILES string of the molecule is CC(=O)N1CCN2CC3CCCC3c3cccc(c32)C1.COCOC. The van der Waals surface area contributed by atoms with Gasteiger partial charge in [-0.05, 0) is 35.8 Å². The van der Waals surface area contributed by atoms with Gasteiger partial charge in [-0.25, -0.2) is 0 Å². The highest BCUT2D eigenvalue weighted by Gasteiger charge is 2.38. The van der Waals surface area contributed by atoms with Gasteiger partial charge in [0.1, 0.15) is 6.79 Å². The molecule has 0 N–H and O–H groups in total. The molecule has 1 saturated carbocycles. The van der Waals surface area contributed by atoms with Crippen LogP contribution in [0.1, 0.15) is 43.2 Å². The van der Waals surface area contributed by atoms with Gasteiger partial charge in [-0.3, -0.25) is 4.79 Å². The van der Waals surface area contributed by atoms with Crippen molar-refractivity contribution in [2.45, 2.75) is 38.6 Å². The number of hydrogen-bond acceptors (Lipinski definition) is 4. The molecule has 3 aliphatic rings.